The summed E-state index contributed by atoms with van der Waals surface area (Å²) in [5.74, 6) is 0.957. The largest absolute Gasteiger partial charge is 0.493 e. The van der Waals surface area contributed by atoms with Gasteiger partial charge in [0.25, 0.3) is 0 Å². The normalized spacial score (nSPS) is 18.8. The zero-order chi connectivity index (χ0) is 20.3. The summed E-state index contributed by atoms with van der Waals surface area (Å²) in [6, 6.07) is 7.43. The fourth-order valence-corrected chi connectivity index (χ4v) is 4.07. The zero-order valence-electron chi connectivity index (χ0n) is 16.4. The second-order valence-corrected chi connectivity index (χ2v) is 9.28. The van der Waals surface area contributed by atoms with Crippen LogP contribution in [0.4, 0.5) is 5.69 Å². The highest BCUT2D eigenvalue weighted by Gasteiger charge is 2.28. The van der Waals surface area contributed by atoms with Crippen molar-refractivity contribution in [3.63, 3.8) is 0 Å². The van der Waals surface area contributed by atoms with Gasteiger partial charge in [0, 0.05) is 41.7 Å². The summed E-state index contributed by atoms with van der Waals surface area (Å²) in [4.78, 5) is 15.6. The number of aromatic nitrogens is 1. The van der Waals surface area contributed by atoms with Crippen molar-refractivity contribution < 1.29 is 17.9 Å². The standard InChI is InChI=1S/C21H26N2O4S/c1-4-11-27-21-17(19-7-5-16(13-22-19)28(3,25)26)6-8-20-18(21)12-15(9-10-24)14(2)23-20/h5-8,10,13-15,23H,4,9,11-12H2,1-3H3/t14-,15?/m0/s1. The van der Waals surface area contributed by atoms with E-state index in [9.17, 15) is 13.2 Å². The van der Waals surface area contributed by atoms with E-state index in [-0.39, 0.29) is 16.9 Å². The molecule has 1 aromatic heterocycles. The Morgan fingerprint density at radius 1 is 1.29 bits per heavy atom. The molecule has 150 valence electrons. The van der Waals surface area contributed by atoms with Crippen LogP contribution in [0.1, 0.15) is 32.3 Å². The molecule has 0 aliphatic carbocycles. The number of rotatable bonds is 7. The van der Waals surface area contributed by atoms with E-state index in [2.05, 4.69) is 17.2 Å². The maximum absolute atomic E-state index is 11.7. The minimum atomic E-state index is -3.30. The van der Waals surface area contributed by atoms with Crippen LogP contribution in [0.25, 0.3) is 11.3 Å². The van der Waals surface area contributed by atoms with Crippen LogP contribution in [-0.2, 0) is 21.1 Å². The van der Waals surface area contributed by atoms with Gasteiger partial charge in [-0.25, -0.2) is 8.42 Å². The minimum Gasteiger partial charge on any atom is -0.493 e. The van der Waals surface area contributed by atoms with E-state index >= 15 is 0 Å². The van der Waals surface area contributed by atoms with Gasteiger partial charge in [-0.05, 0) is 49.9 Å². The molecule has 7 heteroatoms. The molecule has 1 unspecified atom stereocenters. The topological polar surface area (TPSA) is 85.4 Å². The predicted octanol–water partition coefficient (Wildman–Crippen LogP) is 3.50. The molecule has 1 aromatic carbocycles. The Kier molecular flexibility index (Phi) is 6.03. The first-order valence-corrected chi connectivity index (χ1v) is 11.4. The van der Waals surface area contributed by atoms with Crippen LogP contribution < -0.4 is 10.1 Å². The van der Waals surface area contributed by atoms with Gasteiger partial charge >= 0.3 is 0 Å². The number of hydrogen-bond donors (Lipinski definition) is 1. The number of aldehydes is 1. The Hall–Kier alpha value is -2.41. The van der Waals surface area contributed by atoms with E-state index in [1.807, 2.05) is 19.1 Å². The van der Waals surface area contributed by atoms with Gasteiger partial charge in [-0.2, -0.15) is 0 Å². The number of ether oxygens (including phenoxy) is 1. The number of carbonyl (C=O) groups excluding carboxylic acids is 1. The van der Waals surface area contributed by atoms with Gasteiger partial charge < -0.3 is 14.8 Å². The SMILES string of the molecule is CCCOc1c(-c2ccc(S(C)(=O)=O)cn2)ccc2c1CC(CC=O)[C@H](C)N2. The van der Waals surface area contributed by atoms with Crippen molar-refractivity contribution in [2.24, 2.45) is 5.92 Å². The molecule has 28 heavy (non-hydrogen) atoms. The quantitative estimate of drug-likeness (QED) is 0.714. The van der Waals surface area contributed by atoms with Crippen molar-refractivity contribution >= 4 is 21.8 Å². The first-order valence-electron chi connectivity index (χ1n) is 9.50. The van der Waals surface area contributed by atoms with E-state index in [1.54, 1.807) is 12.1 Å². The van der Waals surface area contributed by atoms with Gasteiger partial charge in [-0.3, -0.25) is 4.98 Å². The molecular weight excluding hydrogens is 376 g/mol. The molecule has 0 radical (unpaired) electrons. The number of pyridine rings is 1. The Balaban J connectivity index is 2.07. The number of nitrogens with one attached hydrogen (secondary N) is 1. The molecule has 6 nitrogen and oxygen atoms in total. The molecule has 1 aliphatic heterocycles. The lowest BCUT2D eigenvalue weighted by Gasteiger charge is -2.33. The first-order chi connectivity index (χ1) is 13.3. The smallest absolute Gasteiger partial charge is 0.177 e. The Labute approximate surface area is 166 Å². The van der Waals surface area contributed by atoms with Crippen LogP contribution in [-0.4, -0.2) is 38.6 Å². The average molecular weight is 403 g/mol. The average Bonchev–Trinajstić information content (AvgIpc) is 2.66. The molecule has 3 rings (SSSR count). The van der Waals surface area contributed by atoms with Crippen molar-refractivity contribution in [2.45, 2.75) is 44.0 Å². The number of carbonyl (C=O) groups is 1. The fraction of sp³-hybridized carbons (Fsp3) is 0.429. The van der Waals surface area contributed by atoms with E-state index in [4.69, 9.17) is 4.74 Å². The summed E-state index contributed by atoms with van der Waals surface area (Å²) in [6.45, 7) is 4.70. The van der Waals surface area contributed by atoms with Gasteiger partial charge in [-0.15, -0.1) is 0 Å². The summed E-state index contributed by atoms with van der Waals surface area (Å²) in [7, 11) is -3.30. The molecule has 1 aliphatic rings. The number of fused-ring (bicyclic) bond motifs is 1. The fourth-order valence-electron chi connectivity index (χ4n) is 3.51. The van der Waals surface area contributed by atoms with Crippen LogP contribution >= 0.6 is 0 Å². The van der Waals surface area contributed by atoms with Gasteiger partial charge in [0.2, 0.25) is 0 Å². The van der Waals surface area contributed by atoms with Gasteiger partial charge in [0.05, 0.1) is 17.2 Å². The van der Waals surface area contributed by atoms with Crippen molar-refractivity contribution in [1.29, 1.82) is 0 Å². The lowest BCUT2D eigenvalue weighted by atomic mass is 9.84. The number of nitrogens with zero attached hydrogens (tertiary/aromatic N) is 1. The summed E-state index contributed by atoms with van der Waals surface area (Å²) < 4.78 is 29.5. The maximum atomic E-state index is 11.7. The number of sulfone groups is 1. The third-order valence-electron chi connectivity index (χ3n) is 5.11. The van der Waals surface area contributed by atoms with Crippen LogP contribution in [0.15, 0.2) is 35.4 Å². The van der Waals surface area contributed by atoms with Crippen LogP contribution in [0, 0.1) is 5.92 Å². The number of benzene rings is 1. The van der Waals surface area contributed by atoms with Crippen LogP contribution in [0.5, 0.6) is 5.75 Å². The lowest BCUT2D eigenvalue weighted by Crippen LogP contribution is -2.33. The molecule has 2 atom stereocenters. The highest BCUT2D eigenvalue weighted by Crippen LogP contribution is 2.42. The summed E-state index contributed by atoms with van der Waals surface area (Å²) in [5.41, 5.74) is 3.54. The van der Waals surface area contributed by atoms with E-state index < -0.39 is 9.84 Å². The molecule has 0 bridgehead atoms. The maximum Gasteiger partial charge on any atom is 0.177 e. The second kappa shape index (κ2) is 8.31. The third-order valence-corrected chi connectivity index (χ3v) is 6.20. The summed E-state index contributed by atoms with van der Waals surface area (Å²) >= 11 is 0. The van der Waals surface area contributed by atoms with Crippen molar-refractivity contribution in [3.8, 4) is 17.0 Å². The second-order valence-electron chi connectivity index (χ2n) is 7.27. The van der Waals surface area contributed by atoms with Gasteiger partial charge in [0.15, 0.2) is 9.84 Å². The molecule has 2 aromatic rings. The molecule has 0 spiro atoms. The summed E-state index contributed by atoms with van der Waals surface area (Å²) in [6.07, 6.45) is 5.62. The minimum absolute atomic E-state index is 0.187. The van der Waals surface area contributed by atoms with Crippen molar-refractivity contribution in [1.82, 2.24) is 4.98 Å². The van der Waals surface area contributed by atoms with Crippen molar-refractivity contribution in [3.05, 3.63) is 36.0 Å². The van der Waals surface area contributed by atoms with E-state index in [1.165, 1.54) is 12.5 Å². The molecule has 0 amide bonds. The Bertz CT molecular complexity index is 955. The van der Waals surface area contributed by atoms with E-state index in [0.717, 1.165) is 41.7 Å². The van der Waals surface area contributed by atoms with Crippen LogP contribution in [0.3, 0.4) is 0 Å². The Morgan fingerprint density at radius 3 is 2.68 bits per heavy atom. The van der Waals surface area contributed by atoms with Gasteiger partial charge in [0.1, 0.15) is 12.0 Å². The molecule has 0 saturated heterocycles. The third kappa shape index (κ3) is 4.19. The molecule has 1 N–H and O–H groups in total. The zero-order valence-corrected chi connectivity index (χ0v) is 17.3. The van der Waals surface area contributed by atoms with Crippen molar-refractivity contribution in [2.75, 3.05) is 18.2 Å². The summed E-state index contributed by atoms with van der Waals surface area (Å²) in [5, 5.41) is 3.48. The highest BCUT2D eigenvalue weighted by molar-refractivity contribution is 7.90. The monoisotopic (exact) mass is 402 g/mol. The first kappa shape index (κ1) is 20.3. The Morgan fingerprint density at radius 2 is 2.07 bits per heavy atom. The number of hydrogen-bond acceptors (Lipinski definition) is 6. The highest BCUT2D eigenvalue weighted by atomic mass is 32.2. The molecule has 0 saturated carbocycles. The van der Waals surface area contributed by atoms with Crippen LogP contribution in [0.2, 0.25) is 0 Å². The van der Waals surface area contributed by atoms with Gasteiger partial charge in [-0.1, -0.05) is 6.92 Å². The molecule has 2 heterocycles. The predicted molar refractivity (Wildman–Crippen MR) is 110 cm³/mol. The lowest BCUT2D eigenvalue weighted by molar-refractivity contribution is -0.108. The van der Waals surface area contributed by atoms with E-state index in [0.29, 0.717) is 18.7 Å². The molecular formula is C21H26N2O4S. The molecule has 0 fully saturated rings. The number of anilines is 1.